The van der Waals surface area contributed by atoms with E-state index in [1.807, 2.05) is 43.1 Å². The Balaban J connectivity index is 2.03. The Bertz CT molecular complexity index is 733. The van der Waals surface area contributed by atoms with E-state index in [9.17, 15) is 0 Å². The van der Waals surface area contributed by atoms with Crippen LogP contribution in [-0.2, 0) is 0 Å². The van der Waals surface area contributed by atoms with Crippen LogP contribution in [0, 0.1) is 6.92 Å². The fourth-order valence-corrected chi connectivity index (χ4v) is 2.03. The summed E-state index contributed by atoms with van der Waals surface area (Å²) in [5.41, 5.74) is 8.60. The number of rotatable bonds is 2. The van der Waals surface area contributed by atoms with E-state index in [1.165, 1.54) is 0 Å². The molecule has 0 bridgehead atoms. The minimum atomic E-state index is 0.265. The average molecular weight is 254 g/mol. The van der Waals surface area contributed by atoms with Gasteiger partial charge in [-0.05, 0) is 31.2 Å². The van der Waals surface area contributed by atoms with Crippen molar-refractivity contribution in [1.29, 1.82) is 0 Å². The van der Waals surface area contributed by atoms with Crippen molar-refractivity contribution in [3.05, 3.63) is 36.2 Å². The largest absolute Gasteiger partial charge is 0.368 e. The molecule has 6 heteroatoms. The Hall–Kier alpha value is -2.63. The van der Waals surface area contributed by atoms with Gasteiger partial charge in [0.1, 0.15) is 5.82 Å². The molecule has 19 heavy (non-hydrogen) atoms. The lowest BCUT2D eigenvalue weighted by Gasteiger charge is -2.18. The number of aryl methyl sites for hydroxylation is 1. The van der Waals surface area contributed by atoms with E-state index >= 15 is 0 Å². The molecular formula is C13H14N6. The average Bonchev–Trinajstić information content (AvgIpc) is 2.79. The number of benzene rings is 1. The van der Waals surface area contributed by atoms with Crippen LogP contribution in [0.2, 0.25) is 0 Å². The summed E-state index contributed by atoms with van der Waals surface area (Å²) in [6.07, 6.45) is 1.64. The third-order valence-corrected chi connectivity index (χ3v) is 3.12. The summed E-state index contributed by atoms with van der Waals surface area (Å²) < 4.78 is 0. The van der Waals surface area contributed by atoms with Gasteiger partial charge >= 0.3 is 0 Å². The highest BCUT2D eigenvalue weighted by atomic mass is 15.2. The summed E-state index contributed by atoms with van der Waals surface area (Å²) in [4.78, 5) is 10.0. The van der Waals surface area contributed by atoms with Gasteiger partial charge in [0.05, 0.1) is 5.52 Å². The first-order valence-electron chi connectivity index (χ1n) is 5.92. The van der Waals surface area contributed by atoms with Crippen molar-refractivity contribution >= 4 is 28.4 Å². The lowest BCUT2D eigenvalue weighted by atomic mass is 10.2. The number of H-pyrrole nitrogens is 1. The number of nitrogens with one attached hydrogen (secondary N) is 1. The number of hydrogen-bond acceptors (Lipinski definition) is 5. The number of anilines is 3. The topological polar surface area (TPSA) is 83.7 Å². The van der Waals surface area contributed by atoms with Crippen LogP contribution >= 0.6 is 0 Å². The van der Waals surface area contributed by atoms with E-state index in [-0.39, 0.29) is 5.95 Å². The van der Waals surface area contributed by atoms with Crippen LogP contribution in [0.5, 0.6) is 0 Å². The van der Waals surface area contributed by atoms with Crippen LogP contribution in [-0.4, -0.2) is 27.2 Å². The molecule has 0 unspecified atom stereocenters. The molecular weight excluding hydrogens is 240 g/mol. The Kier molecular flexibility index (Phi) is 2.56. The minimum absolute atomic E-state index is 0.265. The van der Waals surface area contributed by atoms with Crippen molar-refractivity contribution in [3.63, 3.8) is 0 Å². The van der Waals surface area contributed by atoms with E-state index in [1.54, 1.807) is 6.20 Å². The molecule has 0 saturated heterocycles. The van der Waals surface area contributed by atoms with Gasteiger partial charge in [-0.25, -0.2) is 4.98 Å². The number of hydrogen-bond donors (Lipinski definition) is 2. The first-order valence-corrected chi connectivity index (χ1v) is 5.92. The molecule has 0 spiro atoms. The monoisotopic (exact) mass is 254 g/mol. The number of aromatic nitrogens is 4. The molecule has 2 aromatic heterocycles. The maximum atomic E-state index is 5.60. The normalized spacial score (nSPS) is 10.8. The number of nitrogens with two attached hydrogens (primary N) is 1. The van der Waals surface area contributed by atoms with Gasteiger partial charge in [0.25, 0.3) is 0 Å². The molecule has 0 aliphatic carbocycles. The third kappa shape index (κ3) is 1.97. The predicted molar refractivity (Wildman–Crippen MR) is 75.3 cm³/mol. The number of nitrogen functional groups attached to an aromatic ring is 1. The zero-order valence-electron chi connectivity index (χ0n) is 10.8. The highest BCUT2D eigenvalue weighted by Gasteiger charge is 2.08. The zero-order valence-corrected chi connectivity index (χ0v) is 10.8. The Morgan fingerprint density at radius 1 is 1.26 bits per heavy atom. The molecule has 0 aliphatic heterocycles. The third-order valence-electron chi connectivity index (χ3n) is 3.12. The summed E-state index contributed by atoms with van der Waals surface area (Å²) in [7, 11) is 1.93. The lowest BCUT2D eigenvalue weighted by Crippen LogP contribution is -2.12. The fraction of sp³-hybridized carbons (Fsp3) is 0.154. The molecule has 96 valence electrons. The highest BCUT2D eigenvalue weighted by molar-refractivity contribution is 5.85. The van der Waals surface area contributed by atoms with Gasteiger partial charge in [0.2, 0.25) is 5.95 Å². The van der Waals surface area contributed by atoms with Crippen LogP contribution in [0.15, 0.2) is 30.5 Å². The number of aromatic amines is 1. The van der Waals surface area contributed by atoms with Crippen LogP contribution in [0.4, 0.5) is 17.5 Å². The van der Waals surface area contributed by atoms with Crippen molar-refractivity contribution in [2.24, 2.45) is 0 Å². The summed E-state index contributed by atoms with van der Waals surface area (Å²) in [5.74, 6) is 1.01. The second kappa shape index (κ2) is 4.24. The molecule has 3 aromatic rings. The first kappa shape index (κ1) is 11.5. The molecule has 0 fully saturated rings. The maximum Gasteiger partial charge on any atom is 0.221 e. The molecule has 2 heterocycles. The Morgan fingerprint density at radius 2 is 2.11 bits per heavy atom. The molecule has 0 aliphatic rings. The van der Waals surface area contributed by atoms with Crippen molar-refractivity contribution < 1.29 is 0 Å². The predicted octanol–water partition coefficient (Wildman–Crippen LogP) is 2.01. The molecule has 0 atom stereocenters. The van der Waals surface area contributed by atoms with Gasteiger partial charge in [-0.2, -0.15) is 10.1 Å². The number of nitrogens with zero attached hydrogens (tertiary/aromatic N) is 4. The summed E-state index contributed by atoms with van der Waals surface area (Å²) in [6.45, 7) is 2.00. The first-order chi connectivity index (χ1) is 9.15. The van der Waals surface area contributed by atoms with E-state index in [0.29, 0.717) is 0 Å². The standard InChI is InChI=1S/C13H14N6/c1-8-10-4-3-9(7-11(10)18-17-8)19(2)12-5-6-15-13(14)16-12/h3-7H,1-2H3,(H,17,18)(H2,14,15,16). The Morgan fingerprint density at radius 3 is 2.89 bits per heavy atom. The van der Waals surface area contributed by atoms with Crippen molar-refractivity contribution in [3.8, 4) is 0 Å². The second-order valence-electron chi connectivity index (χ2n) is 4.38. The molecule has 6 nitrogen and oxygen atoms in total. The summed E-state index contributed by atoms with van der Waals surface area (Å²) >= 11 is 0. The molecule has 3 rings (SSSR count). The maximum absolute atomic E-state index is 5.60. The SMILES string of the molecule is Cc1[nH]nc2cc(N(C)c3ccnc(N)n3)ccc12. The van der Waals surface area contributed by atoms with Crippen LogP contribution < -0.4 is 10.6 Å². The molecule has 1 aromatic carbocycles. The van der Waals surface area contributed by atoms with Crippen LogP contribution in [0.3, 0.4) is 0 Å². The Labute approximate surface area is 110 Å². The van der Waals surface area contributed by atoms with Crippen LogP contribution in [0.1, 0.15) is 5.69 Å². The summed E-state index contributed by atoms with van der Waals surface area (Å²) in [6, 6.07) is 7.90. The van der Waals surface area contributed by atoms with Crippen LogP contribution in [0.25, 0.3) is 10.9 Å². The van der Waals surface area contributed by atoms with Crippen molar-refractivity contribution in [1.82, 2.24) is 20.2 Å². The molecule has 0 saturated carbocycles. The van der Waals surface area contributed by atoms with Gasteiger partial charge in [-0.3, -0.25) is 5.10 Å². The molecule has 0 radical (unpaired) electrons. The van der Waals surface area contributed by atoms with Crippen molar-refractivity contribution in [2.45, 2.75) is 6.92 Å². The zero-order chi connectivity index (χ0) is 13.4. The molecule has 3 N–H and O–H groups in total. The lowest BCUT2D eigenvalue weighted by molar-refractivity contribution is 1.07. The van der Waals surface area contributed by atoms with Crippen molar-refractivity contribution in [2.75, 3.05) is 17.7 Å². The van der Waals surface area contributed by atoms with Gasteiger partial charge in [0.15, 0.2) is 0 Å². The van der Waals surface area contributed by atoms with E-state index < -0.39 is 0 Å². The summed E-state index contributed by atoms with van der Waals surface area (Å²) in [5, 5.41) is 8.37. The highest BCUT2D eigenvalue weighted by Crippen LogP contribution is 2.26. The second-order valence-corrected chi connectivity index (χ2v) is 4.38. The quantitative estimate of drug-likeness (QED) is 0.730. The van der Waals surface area contributed by atoms with E-state index in [2.05, 4.69) is 20.2 Å². The minimum Gasteiger partial charge on any atom is -0.368 e. The number of fused-ring (bicyclic) bond motifs is 1. The smallest absolute Gasteiger partial charge is 0.221 e. The van der Waals surface area contributed by atoms with E-state index in [4.69, 9.17) is 5.73 Å². The fourth-order valence-electron chi connectivity index (χ4n) is 2.03. The molecule has 0 amide bonds. The van der Waals surface area contributed by atoms with Gasteiger partial charge in [-0.15, -0.1) is 0 Å². The van der Waals surface area contributed by atoms with E-state index in [0.717, 1.165) is 28.1 Å². The van der Waals surface area contributed by atoms with Gasteiger partial charge in [-0.1, -0.05) is 0 Å². The van der Waals surface area contributed by atoms with Gasteiger partial charge in [0, 0.05) is 30.0 Å². The van der Waals surface area contributed by atoms with Gasteiger partial charge < -0.3 is 10.6 Å².